The first kappa shape index (κ1) is 51.4. The number of carbonyl (C=O) groups excluding carboxylic acids is 6. The number of rotatable bonds is 25. The first-order chi connectivity index (χ1) is 32.7. The second-order valence-corrected chi connectivity index (χ2v) is 17.0. The van der Waals surface area contributed by atoms with Crippen LogP contribution in [0.15, 0.2) is 108 Å². The number of carboxylic acid groups (broad SMARTS) is 1. The van der Waals surface area contributed by atoms with Crippen molar-refractivity contribution in [3.8, 4) is 0 Å². The third-order valence-electron chi connectivity index (χ3n) is 12.1. The molecule has 1 aromatic heterocycles. The zero-order valence-electron chi connectivity index (χ0n) is 38.0. The lowest BCUT2D eigenvalue weighted by molar-refractivity contribution is -0.137. The molecule has 68 heavy (non-hydrogen) atoms. The Kier molecular flexibility index (Phi) is 19.2. The van der Waals surface area contributed by atoms with Gasteiger partial charge in [0, 0.05) is 48.6 Å². The molecule has 3 aromatic carbocycles. The highest BCUT2D eigenvalue weighted by molar-refractivity contribution is 6.00. The molecule has 1 saturated carbocycles. The molecule has 15 N–H and O–H groups in total. The maximum Gasteiger partial charge on any atom is 0.328 e. The van der Waals surface area contributed by atoms with Gasteiger partial charge in [-0.3, -0.25) is 33.8 Å². The molecule has 1 aliphatic rings. The molecule has 0 radical (unpaired) electrons. The van der Waals surface area contributed by atoms with E-state index in [1.165, 1.54) is 0 Å². The first-order valence-electron chi connectivity index (χ1n) is 22.8. The molecule has 4 aromatic rings. The van der Waals surface area contributed by atoms with Gasteiger partial charge in [-0.25, -0.2) is 4.79 Å². The number of unbranched alkanes of at least 4 members (excludes halogenated alkanes) is 1. The summed E-state index contributed by atoms with van der Waals surface area (Å²) in [6.45, 7) is 0.473. The number of carboxylic acids is 1. The first-order valence-corrected chi connectivity index (χ1v) is 22.8. The maximum absolute atomic E-state index is 14.7. The van der Waals surface area contributed by atoms with Crippen LogP contribution in [0.25, 0.3) is 10.9 Å². The zero-order valence-corrected chi connectivity index (χ0v) is 38.0. The van der Waals surface area contributed by atoms with Gasteiger partial charge in [-0.1, -0.05) is 78.9 Å². The van der Waals surface area contributed by atoms with Crippen molar-refractivity contribution in [3.63, 3.8) is 0 Å². The Bertz CT molecular complexity index is 2410. The average Bonchev–Trinajstić information content (AvgIpc) is 3.74. The number of H-pyrrole nitrogens is 1. The van der Waals surface area contributed by atoms with Gasteiger partial charge in [0.15, 0.2) is 5.96 Å². The van der Waals surface area contributed by atoms with Crippen LogP contribution in [0, 0.1) is 0 Å². The summed E-state index contributed by atoms with van der Waals surface area (Å²) in [5.74, 6) is -5.86. The molecular weight excluding hydrogens is 871 g/mol. The number of aliphatic imine (C=N–C) groups is 1. The second kappa shape index (κ2) is 25.4. The van der Waals surface area contributed by atoms with Crippen molar-refractivity contribution in [2.75, 3.05) is 13.1 Å². The number of guanidine groups is 1. The number of para-hydroxylation sites is 1. The largest absolute Gasteiger partial charge is 0.478 e. The summed E-state index contributed by atoms with van der Waals surface area (Å²) in [4.78, 5) is 102. The number of amides is 6. The Hall–Kier alpha value is -7.54. The van der Waals surface area contributed by atoms with Crippen LogP contribution in [-0.4, -0.2) is 100 Å². The third-order valence-corrected chi connectivity index (χ3v) is 12.1. The van der Waals surface area contributed by atoms with E-state index >= 15 is 0 Å². The molecule has 0 saturated heterocycles. The monoisotopic (exact) mass is 933 g/mol. The number of aromatic nitrogens is 1. The van der Waals surface area contributed by atoms with Gasteiger partial charge in [0.25, 0.3) is 0 Å². The summed E-state index contributed by atoms with van der Waals surface area (Å²) in [6.07, 6.45) is 6.05. The molecule has 6 amide bonds. The fourth-order valence-electron chi connectivity index (χ4n) is 8.46. The fraction of sp³-hybridized carbons (Fsp3) is 0.388. The van der Waals surface area contributed by atoms with Crippen molar-refractivity contribution in [1.29, 1.82) is 0 Å². The van der Waals surface area contributed by atoms with Crippen LogP contribution < -0.4 is 49.5 Å². The Balaban J connectivity index is 1.44. The van der Waals surface area contributed by atoms with Gasteiger partial charge < -0.3 is 59.6 Å². The summed E-state index contributed by atoms with van der Waals surface area (Å²) in [7, 11) is 0. The quantitative estimate of drug-likeness (QED) is 0.0195. The summed E-state index contributed by atoms with van der Waals surface area (Å²) in [5.41, 5.74) is 24.2. The Morgan fingerprint density at radius 1 is 0.706 bits per heavy atom. The van der Waals surface area contributed by atoms with Crippen molar-refractivity contribution in [2.24, 2.45) is 27.9 Å². The summed E-state index contributed by atoms with van der Waals surface area (Å²) >= 11 is 0. The summed E-state index contributed by atoms with van der Waals surface area (Å²) in [6, 6.07) is 21.1. The van der Waals surface area contributed by atoms with E-state index in [9.17, 15) is 38.7 Å². The molecule has 0 unspecified atom stereocenters. The van der Waals surface area contributed by atoms with Gasteiger partial charge >= 0.3 is 5.97 Å². The third kappa shape index (κ3) is 15.3. The number of benzene rings is 3. The van der Waals surface area contributed by atoms with Crippen LogP contribution in [0.4, 0.5) is 0 Å². The molecule has 19 nitrogen and oxygen atoms in total. The number of fused-ring (bicyclic) bond motifs is 1. The number of nitrogens with zero attached hydrogens (tertiary/aromatic N) is 1. The lowest BCUT2D eigenvalue weighted by Gasteiger charge is -2.40. The smallest absolute Gasteiger partial charge is 0.328 e. The van der Waals surface area contributed by atoms with Crippen molar-refractivity contribution < 1.29 is 38.7 Å². The molecular formula is C49H63N11O8. The predicted molar refractivity (Wildman–Crippen MR) is 257 cm³/mol. The maximum atomic E-state index is 14.7. The van der Waals surface area contributed by atoms with Crippen molar-refractivity contribution in [3.05, 3.63) is 120 Å². The molecule has 1 fully saturated rings. The van der Waals surface area contributed by atoms with Crippen LogP contribution in [0.3, 0.4) is 0 Å². The zero-order chi connectivity index (χ0) is 49.1. The number of aromatic amines is 1. The number of nitrogens with one attached hydrogen (secondary N) is 6. The number of hydrogen-bond acceptors (Lipinski definition) is 9. The van der Waals surface area contributed by atoms with E-state index in [0.717, 1.165) is 22.5 Å². The van der Waals surface area contributed by atoms with E-state index in [1.807, 2.05) is 54.6 Å². The van der Waals surface area contributed by atoms with E-state index in [4.69, 9.17) is 22.9 Å². The number of primary amides is 1. The van der Waals surface area contributed by atoms with E-state index < -0.39 is 71.1 Å². The molecule has 5 rings (SSSR count). The normalized spacial score (nSPS) is 17.5. The number of nitrogens with two attached hydrogens (primary N) is 4. The van der Waals surface area contributed by atoms with Crippen LogP contribution >= 0.6 is 0 Å². The SMILES string of the molecule is NCCCC[C@H](NC(=O)[C@H](Cc1c[nH]c2ccccc12)NC(=O)[C@H](CCCN=C(N)N)NC(=O)[C@@H](Cc1ccccc1)NC(=O)C1(NC(=O)/C=C\C(=O)O)CCC(c2ccccc2)CC1)C(N)=O. The highest BCUT2D eigenvalue weighted by atomic mass is 16.4. The minimum absolute atomic E-state index is 0.0123. The minimum Gasteiger partial charge on any atom is -0.478 e. The lowest BCUT2D eigenvalue weighted by atomic mass is 9.73. The standard InChI is InChI=1S/C49H63N11O8/c50-26-10-9-18-37(43(51)64)56-46(67)40(29-34-30-55-36-17-8-7-16-35(34)36)58-44(65)38(19-11-27-54-48(52)53)57-45(66)39(28-31-12-3-1-4-13-31)59-47(68)49(60-41(61)20-21-42(62)63)24-22-33(23-25-49)32-14-5-2-6-15-32/h1-8,12-17,20-21,30,33,37-40,55H,9-11,18-19,22-29,50H2,(H2,51,64)(H,56,67)(H,57,66)(H,58,65)(H,59,68)(H,60,61)(H,62,63)(H4,52,53,54)/b21-20-/t33?,37-,38-,39+,40-,49?/m0/s1. The number of aliphatic carboxylic acids is 1. The van der Waals surface area contributed by atoms with Crippen LogP contribution in [0.2, 0.25) is 0 Å². The molecule has 362 valence electrons. The lowest BCUT2D eigenvalue weighted by Crippen LogP contribution is -2.64. The highest BCUT2D eigenvalue weighted by Gasteiger charge is 2.44. The second-order valence-electron chi connectivity index (χ2n) is 17.0. The van der Waals surface area contributed by atoms with Gasteiger partial charge in [-0.05, 0) is 93.0 Å². The van der Waals surface area contributed by atoms with Crippen LogP contribution in [-0.2, 0) is 46.4 Å². The molecule has 0 aliphatic heterocycles. The molecule has 1 aliphatic carbocycles. The Labute approximate surface area is 394 Å². The van der Waals surface area contributed by atoms with Crippen LogP contribution in [0.5, 0.6) is 0 Å². The molecule has 19 heteroatoms. The number of hydrogen-bond donors (Lipinski definition) is 11. The van der Waals surface area contributed by atoms with Crippen LogP contribution in [0.1, 0.15) is 80.4 Å². The molecule has 1 heterocycles. The van der Waals surface area contributed by atoms with Gasteiger partial charge in [0.1, 0.15) is 29.7 Å². The van der Waals surface area contributed by atoms with Gasteiger partial charge in [-0.15, -0.1) is 0 Å². The van der Waals surface area contributed by atoms with Crippen molar-refractivity contribution in [2.45, 2.75) is 106 Å². The molecule has 4 atom stereocenters. The van der Waals surface area contributed by atoms with Gasteiger partial charge in [-0.2, -0.15) is 0 Å². The molecule has 0 spiro atoms. The Morgan fingerprint density at radius 2 is 1.29 bits per heavy atom. The van der Waals surface area contributed by atoms with E-state index in [1.54, 1.807) is 36.5 Å². The van der Waals surface area contributed by atoms with E-state index in [-0.39, 0.29) is 63.4 Å². The molecule has 0 bridgehead atoms. The number of carbonyl (C=O) groups is 7. The minimum atomic E-state index is -1.53. The van der Waals surface area contributed by atoms with Crippen molar-refractivity contribution >= 4 is 58.3 Å². The topological polar surface area (TPSA) is 332 Å². The summed E-state index contributed by atoms with van der Waals surface area (Å²) < 4.78 is 0. The van der Waals surface area contributed by atoms with Crippen molar-refractivity contribution in [1.82, 2.24) is 31.6 Å². The van der Waals surface area contributed by atoms with E-state index in [0.29, 0.717) is 49.4 Å². The highest BCUT2D eigenvalue weighted by Crippen LogP contribution is 2.38. The van der Waals surface area contributed by atoms with Gasteiger partial charge in [0.05, 0.1) is 0 Å². The summed E-state index contributed by atoms with van der Waals surface area (Å²) in [5, 5.41) is 24.0. The van der Waals surface area contributed by atoms with E-state index in [2.05, 4.69) is 36.6 Å². The fourth-order valence-corrected chi connectivity index (χ4v) is 8.46. The average molecular weight is 934 g/mol. The van der Waals surface area contributed by atoms with Gasteiger partial charge in [0.2, 0.25) is 35.4 Å². The Morgan fingerprint density at radius 3 is 1.94 bits per heavy atom. The predicted octanol–water partition coefficient (Wildman–Crippen LogP) is 1.41.